The van der Waals surface area contributed by atoms with Gasteiger partial charge in [-0.15, -0.1) is 0 Å². The molecule has 0 saturated heterocycles. The summed E-state index contributed by atoms with van der Waals surface area (Å²) >= 11 is 2.31. The predicted octanol–water partition coefficient (Wildman–Crippen LogP) is 2.43. The highest BCUT2D eigenvalue weighted by molar-refractivity contribution is 14.1. The van der Waals surface area contributed by atoms with Crippen LogP contribution in [0.1, 0.15) is 24.7 Å². The van der Waals surface area contributed by atoms with Crippen molar-refractivity contribution in [3.63, 3.8) is 0 Å². The fourth-order valence-corrected chi connectivity index (χ4v) is 2.00. The normalized spacial score (nSPS) is 10.8. The minimum absolute atomic E-state index is 0.744. The van der Waals surface area contributed by atoms with Crippen molar-refractivity contribution in [2.45, 2.75) is 26.4 Å². The first-order valence-corrected chi connectivity index (χ1v) is 7.19. The van der Waals surface area contributed by atoms with E-state index in [1.54, 1.807) is 6.33 Å². The average Bonchev–Trinajstić information content (AvgIpc) is 2.80. The highest BCUT2D eigenvalue weighted by atomic mass is 127. The molecule has 1 aromatic heterocycles. The standard InChI is InChI=1S/C13H17IN4/c1-2-7-15-8-13-16-10-18(17-13)9-11-3-5-12(14)6-4-11/h3-6,10,15H,2,7-9H2,1H3. The molecule has 0 unspecified atom stereocenters. The molecule has 0 fully saturated rings. The Labute approximate surface area is 121 Å². The van der Waals surface area contributed by atoms with Crippen LogP contribution >= 0.6 is 22.6 Å². The first-order chi connectivity index (χ1) is 8.78. The minimum Gasteiger partial charge on any atom is -0.310 e. The molecule has 0 saturated carbocycles. The molecule has 18 heavy (non-hydrogen) atoms. The molecule has 5 heteroatoms. The van der Waals surface area contributed by atoms with Crippen LogP contribution in [-0.2, 0) is 13.1 Å². The van der Waals surface area contributed by atoms with E-state index in [-0.39, 0.29) is 0 Å². The van der Waals surface area contributed by atoms with Gasteiger partial charge in [0, 0.05) is 3.57 Å². The van der Waals surface area contributed by atoms with Crippen molar-refractivity contribution in [2.24, 2.45) is 0 Å². The molecule has 0 amide bonds. The van der Waals surface area contributed by atoms with Crippen LogP contribution in [-0.4, -0.2) is 21.3 Å². The number of benzene rings is 1. The zero-order chi connectivity index (χ0) is 12.8. The van der Waals surface area contributed by atoms with E-state index in [0.717, 1.165) is 31.9 Å². The van der Waals surface area contributed by atoms with Crippen LogP contribution in [0, 0.1) is 3.57 Å². The molecule has 0 aliphatic carbocycles. The van der Waals surface area contributed by atoms with Crippen molar-refractivity contribution in [1.82, 2.24) is 20.1 Å². The van der Waals surface area contributed by atoms with Crippen molar-refractivity contribution in [3.8, 4) is 0 Å². The van der Waals surface area contributed by atoms with Gasteiger partial charge in [0.25, 0.3) is 0 Å². The molecule has 0 atom stereocenters. The van der Waals surface area contributed by atoms with Gasteiger partial charge < -0.3 is 5.32 Å². The molecule has 2 rings (SSSR count). The molecule has 0 aliphatic rings. The van der Waals surface area contributed by atoms with E-state index in [2.05, 4.69) is 69.2 Å². The van der Waals surface area contributed by atoms with Gasteiger partial charge in [0.05, 0.1) is 13.1 Å². The molecule has 0 aliphatic heterocycles. The first kappa shape index (κ1) is 13.5. The van der Waals surface area contributed by atoms with Gasteiger partial charge in [-0.05, 0) is 53.3 Å². The maximum atomic E-state index is 4.44. The summed E-state index contributed by atoms with van der Waals surface area (Å²) in [4.78, 5) is 4.29. The second-order valence-corrected chi connectivity index (χ2v) is 5.41. The Morgan fingerprint density at radius 1 is 1.28 bits per heavy atom. The van der Waals surface area contributed by atoms with E-state index in [4.69, 9.17) is 0 Å². The summed E-state index contributed by atoms with van der Waals surface area (Å²) in [5.41, 5.74) is 1.24. The van der Waals surface area contributed by atoms with Crippen molar-refractivity contribution in [1.29, 1.82) is 0 Å². The minimum atomic E-state index is 0.744. The molecule has 4 nitrogen and oxygen atoms in total. The SMILES string of the molecule is CCCNCc1ncn(Cc2ccc(I)cc2)n1. The lowest BCUT2D eigenvalue weighted by molar-refractivity contribution is 0.625. The van der Waals surface area contributed by atoms with Crippen LogP contribution in [0.25, 0.3) is 0 Å². The Bertz CT molecular complexity index is 478. The van der Waals surface area contributed by atoms with Gasteiger partial charge in [-0.2, -0.15) is 5.10 Å². The fourth-order valence-electron chi connectivity index (χ4n) is 1.64. The van der Waals surface area contributed by atoms with Crippen LogP contribution < -0.4 is 5.32 Å². The summed E-state index contributed by atoms with van der Waals surface area (Å²) in [7, 11) is 0. The quantitative estimate of drug-likeness (QED) is 0.639. The van der Waals surface area contributed by atoms with Crippen molar-refractivity contribution in [3.05, 3.63) is 45.6 Å². The summed E-state index contributed by atoms with van der Waals surface area (Å²) in [5, 5.41) is 7.74. The lowest BCUT2D eigenvalue weighted by Gasteiger charge is -2.01. The Hall–Kier alpha value is -0.950. The van der Waals surface area contributed by atoms with Gasteiger partial charge in [-0.3, -0.25) is 0 Å². The average molecular weight is 356 g/mol. The summed E-state index contributed by atoms with van der Waals surface area (Å²) in [6.07, 6.45) is 2.92. The maximum absolute atomic E-state index is 4.44. The third-order valence-electron chi connectivity index (χ3n) is 2.55. The topological polar surface area (TPSA) is 42.7 Å². The van der Waals surface area contributed by atoms with Gasteiger partial charge in [0.1, 0.15) is 6.33 Å². The number of nitrogens with zero attached hydrogens (tertiary/aromatic N) is 3. The molecule has 96 valence electrons. The van der Waals surface area contributed by atoms with E-state index in [9.17, 15) is 0 Å². The van der Waals surface area contributed by atoms with E-state index >= 15 is 0 Å². The molecule has 0 spiro atoms. The van der Waals surface area contributed by atoms with E-state index in [0.29, 0.717) is 0 Å². The number of aromatic nitrogens is 3. The van der Waals surface area contributed by atoms with Gasteiger partial charge >= 0.3 is 0 Å². The fraction of sp³-hybridized carbons (Fsp3) is 0.385. The number of nitrogens with one attached hydrogen (secondary N) is 1. The highest BCUT2D eigenvalue weighted by Gasteiger charge is 2.01. The lowest BCUT2D eigenvalue weighted by Crippen LogP contribution is -2.15. The van der Waals surface area contributed by atoms with Crippen LogP contribution in [0.2, 0.25) is 0 Å². The molecular weight excluding hydrogens is 339 g/mol. The van der Waals surface area contributed by atoms with Crippen LogP contribution in [0.4, 0.5) is 0 Å². The van der Waals surface area contributed by atoms with Gasteiger partial charge in [-0.25, -0.2) is 9.67 Å². The van der Waals surface area contributed by atoms with Gasteiger partial charge in [0.15, 0.2) is 5.82 Å². The Morgan fingerprint density at radius 3 is 2.78 bits per heavy atom. The molecule has 0 bridgehead atoms. The highest BCUT2D eigenvalue weighted by Crippen LogP contribution is 2.07. The van der Waals surface area contributed by atoms with Gasteiger partial charge in [-0.1, -0.05) is 19.1 Å². The third-order valence-corrected chi connectivity index (χ3v) is 3.27. The van der Waals surface area contributed by atoms with E-state index in [1.807, 2.05) is 4.68 Å². The van der Waals surface area contributed by atoms with Crippen molar-refractivity contribution < 1.29 is 0 Å². The summed E-state index contributed by atoms with van der Waals surface area (Å²) in [5.74, 6) is 0.856. The number of hydrogen-bond acceptors (Lipinski definition) is 3. The predicted molar refractivity (Wildman–Crippen MR) is 80.3 cm³/mol. The van der Waals surface area contributed by atoms with Crippen molar-refractivity contribution in [2.75, 3.05) is 6.54 Å². The molecule has 2 aromatic rings. The Kier molecular flexibility index (Phi) is 5.12. The summed E-state index contributed by atoms with van der Waals surface area (Å²) in [6, 6.07) is 8.46. The molecular formula is C13H17IN4. The second kappa shape index (κ2) is 6.84. The van der Waals surface area contributed by atoms with Crippen molar-refractivity contribution >= 4 is 22.6 Å². The third kappa shape index (κ3) is 4.06. The summed E-state index contributed by atoms with van der Waals surface area (Å²) in [6.45, 7) is 4.67. The Balaban J connectivity index is 1.91. The number of rotatable bonds is 6. The van der Waals surface area contributed by atoms with Crippen LogP contribution in [0.5, 0.6) is 0 Å². The number of halogens is 1. The Morgan fingerprint density at radius 2 is 2.06 bits per heavy atom. The van der Waals surface area contributed by atoms with Crippen LogP contribution in [0.15, 0.2) is 30.6 Å². The van der Waals surface area contributed by atoms with Gasteiger partial charge in [0.2, 0.25) is 0 Å². The molecule has 0 radical (unpaired) electrons. The van der Waals surface area contributed by atoms with Crippen LogP contribution in [0.3, 0.4) is 0 Å². The summed E-state index contributed by atoms with van der Waals surface area (Å²) < 4.78 is 3.13. The second-order valence-electron chi connectivity index (χ2n) is 4.16. The first-order valence-electron chi connectivity index (χ1n) is 6.11. The zero-order valence-corrected chi connectivity index (χ0v) is 12.6. The van der Waals surface area contributed by atoms with E-state index in [1.165, 1.54) is 9.13 Å². The largest absolute Gasteiger partial charge is 0.310 e. The molecule has 1 heterocycles. The number of hydrogen-bond donors (Lipinski definition) is 1. The molecule has 1 N–H and O–H groups in total. The zero-order valence-electron chi connectivity index (χ0n) is 10.4. The maximum Gasteiger partial charge on any atom is 0.164 e. The monoisotopic (exact) mass is 356 g/mol. The lowest BCUT2D eigenvalue weighted by atomic mass is 10.2. The molecule has 1 aromatic carbocycles. The smallest absolute Gasteiger partial charge is 0.164 e. The van der Waals surface area contributed by atoms with E-state index < -0.39 is 0 Å².